The maximum Gasteiger partial charge on any atom is 0.231 e. The van der Waals surface area contributed by atoms with Crippen LogP contribution in [0.4, 0.5) is 5.69 Å². The van der Waals surface area contributed by atoms with Gasteiger partial charge < -0.3 is 19.1 Å². The van der Waals surface area contributed by atoms with Gasteiger partial charge in [0.1, 0.15) is 7.05 Å². The predicted octanol–water partition coefficient (Wildman–Crippen LogP) is 6.04. The van der Waals surface area contributed by atoms with Gasteiger partial charge in [0.15, 0.2) is 17.2 Å². The molecule has 35 heavy (non-hydrogen) atoms. The van der Waals surface area contributed by atoms with E-state index in [-0.39, 0.29) is 6.79 Å². The Morgan fingerprint density at radius 2 is 1.66 bits per heavy atom. The second kappa shape index (κ2) is 7.50. The van der Waals surface area contributed by atoms with Gasteiger partial charge in [0.25, 0.3) is 0 Å². The van der Waals surface area contributed by atoms with Gasteiger partial charge >= 0.3 is 0 Å². The molecule has 5 heteroatoms. The molecule has 0 spiro atoms. The lowest BCUT2D eigenvalue weighted by Crippen LogP contribution is -2.32. The summed E-state index contributed by atoms with van der Waals surface area (Å²) in [5.74, 6) is 3.22. The number of aromatic nitrogens is 1. The van der Waals surface area contributed by atoms with Gasteiger partial charge in [-0.1, -0.05) is 36.4 Å². The third kappa shape index (κ3) is 3.05. The molecule has 170 valence electrons. The number of hydrogen-bond donors (Lipinski definition) is 0. The van der Waals surface area contributed by atoms with Gasteiger partial charge in [0, 0.05) is 30.8 Å². The maximum atomic E-state index is 6.26. The van der Waals surface area contributed by atoms with Gasteiger partial charge in [0.2, 0.25) is 23.9 Å². The lowest BCUT2D eigenvalue weighted by molar-refractivity contribution is -0.633. The molecular weight excluding hydrogens is 436 g/mol. The van der Waals surface area contributed by atoms with Crippen molar-refractivity contribution in [2.75, 3.05) is 18.7 Å². The average molecular weight is 460 g/mol. The van der Waals surface area contributed by atoms with Crippen LogP contribution in [-0.4, -0.2) is 13.8 Å². The highest BCUT2D eigenvalue weighted by atomic mass is 16.7. The first-order valence-electron chi connectivity index (χ1n) is 11.6. The zero-order valence-corrected chi connectivity index (χ0v) is 19.5. The van der Waals surface area contributed by atoms with Crippen molar-refractivity contribution in [2.45, 2.75) is 0 Å². The lowest BCUT2D eigenvalue weighted by atomic mass is 9.97. The fourth-order valence-electron chi connectivity index (χ4n) is 5.12. The normalized spacial score (nSPS) is 15.1. The molecule has 5 aromatic rings. The number of pyridine rings is 1. The molecule has 0 saturated heterocycles. The molecule has 0 radical (unpaired) electrons. The number of fused-ring (bicyclic) bond motifs is 5. The molecule has 0 fully saturated rings. The molecule has 7 rings (SSSR count). The Hall–Kier alpha value is -4.51. The van der Waals surface area contributed by atoms with Crippen molar-refractivity contribution >= 4 is 33.4 Å². The summed E-state index contributed by atoms with van der Waals surface area (Å²) in [7, 11) is 4.15. The Balaban J connectivity index is 1.50. The van der Waals surface area contributed by atoms with Gasteiger partial charge in [-0.15, -0.1) is 0 Å². The molecule has 2 aliphatic rings. The molecule has 1 aromatic heterocycles. The van der Waals surface area contributed by atoms with Gasteiger partial charge in [-0.25, -0.2) is 0 Å². The fourth-order valence-corrected chi connectivity index (χ4v) is 5.12. The minimum atomic E-state index is 0.260. The van der Waals surface area contributed by atoms with Crippen LogP contribution in [-0.2, 0) is 7.05 Å². The second-order valence-electron chi connectivity index (χ2n) is 8.90. The first-order valence-corrected chi connectivity index (χ1v) is 11.6. The second-order valence-corrected chi connectivity index (χ2v) is 8.90. The Morgan fingerprint density at radius 3 is 2.57 bits per heavy atom. The van der Waals surface area contributed by atoms with E-state index in [1.807, 2.05) is 31.3 Å². The molecule has 3 heterocycles. The molecule has 0 amide bonds. The molecule has 0 aliphatic carbocycles. The van der Waals surface area contributed by atoms with Gasteiger partial charge in [-0.3, -0.25) is 0 Å². The minimum Gasteiger partial charge on any atom is -0.454 e. The number of anilines is 1. The van der Waals surface area contributed by atoms with Gasteiger partial charge in [0.05, 0.1) is 16.6 Å². The molecule has 0 saturated carbocycles. The van der Waals surface area contributed by atoms with Crippen LogP contribution in [0.2, 0.25) is 0 Å². The molecule has 0 N–H and O–H groups in total. The molecule has 0 unspecified atom stereocenters. The highest BCUT2D eigenvalue weighted by Gasteiger charge is 2.26. The van der Waals surface area contributed by atoms with Crippen LogP contribution in [0.3, 0.4) is 0 Å². The molecule has 2 aliphatic heterocycles. The third-order valence-corrected chi connectivity index (χ3v) is 6.93. The van der Waals surface area contributed by atoms with Crippen molar-refractivity contribution in [3.63, 3.8) is 0 Å². The summed E-state index contributed by atoms with van der Waals surface area (Å²) in [6, 6.07) is 29.4. The maximum absolute atomic E-state index is 6.26. The summed E-state index contributed by atoms with van der Waals surface area (Å²) < 4.78 is 19.7. The topological polar surface area (TPSA) is 34.8 Å². The Labute approximate surface area is 203 Å². The van der Waals surface area contributed by atoms with E-state index in [4.69, 9.17) is 14.2 Å². The monoisotopic (exact) mass is 459 g/mol. The van der Waals surface area contributed by atoms with Crippen LogP contribution in [0.25, 0.3) is 39.0 Å². The largest absolute Gasteiger partial charge is 0.454 e. The van der Waals surface area contributed by atoms with Crippen molar-refractivity contribution in [1.82, 2.24) is 0 Å². The van der Waals surface area contributed by atoms with Crippen LogP contribution in [0.1, 0.15) is 5.56 Å². The number of benzene rings is 4. The van der Waals surface area contributed by atoms with Crippen LogP contribution in [0, 0.1) is 0 Å². The van der Waals surface area contributed by atoms with Gasteiger partial charge in [-0.05, 0) is 47.2 Å². The molecule has 5 nitrogen and oxygen atoms in total. The van der Waals surface area contributed by atoms with E-state index in [9.17, 15) is 0 Å². The summed E-state index contributed by atoms with van der Waals surface area (Å²) >= 11 is 0. The lowest BCUT2D eigenvalue weighted by Gasteiger charge is -2.13. The quantitative estimate of drug-likeness (QED) is 0.238. The molecule has 0 atom stereocenters. The van der Waals surface area contributed by atoms with Crippen molar-refractivity contribution in [3.8, 4) is 28.5 Å². The van der Waals surface area contributed by atoms with E-state index in [1.54, 1.807) is 0 Å². The van der Waals surface area contributed by atoms with E-state index in [0.29, 0.717) is 0 Å². The van der Waals surface area contributed by atoms with Crippen molar-refractivity contribution < 1.29 is 18.8 Å². The summed E-state index contributed by atoms with van der Waals surface area (Å²) in [4.78, 5) is 2.10. The van der Waals surface area contributed by atoms with Crippen LogP contribution in [0.15, 0.2) is 90.8 Å². The van der Waals surface area contributed by atoms with Crippen molar-refractivity contribution in [1.29, 1.82) is 0 Å². The Bertz CT molecular complexity index is 1690. The number of para-hydroxylation sites is 2. The number of ether oxygens (including phenoxy) is 3. The minimum absolute atomic E-state index is 0.260. The Kier molecular flexibility index (Phi) is 4.27. The van der Waals surface area contributed by atoms with Crippen molar-refractivity contribution in [2.24, 2.45) is 7.05 Å². The van der Waals surface area contributed by atoms with Crippen LogP contribution in [0.5, 0.6) is 17.2 Å². The van der Waals surface area contributed by atoms with E-state index in [1.165, 1.54) is 16.2 Å². The van der Waals surface area contributed by atoms with E-state index in [2.05, 4.69) is 83.3 Å². The first kappa shape index (κ1) is 19.9. The van der Waals surface area contributed by atoms with Crippen LogP contribution >= 0.6 is 0 Å². The molecular formula is C30H23N2O3+. The van der Waals surface area contributed by atoms with Crippen molar-refractivity contribution in [3.05, 3.63) is 96.4 Å². The Morgan fingerprint density at radius 1 is 0.829 bits per heavy atom. The zero-order valence-electron chi connectivity index (χ0n) is 19.5. The highest BCUT2D eigenvalue weighted by Crippen LogP contribution is 2.40. The molecule has 0 bridgehead atoms. The third-order valence-electron chi connectivity index (χ3n) is 6.93. The number of rotatable bonds is 2. The fraction of sp³-hybridized carbons (Fsp3) is 0.100. The smallest absolute Gasteiger partial charge is 0.231 e. The van der Waals surface area contributed by atoms with E-state index in [0.717, 1.165) is 51.2 Å². The zero-order chi connectivity index (χ0) is 23.5. The van der Waals surface area contributed by atoms with E-state index >= 15 is 0 Å². The van der Waals surface area contributed by atoms with Gasteiger partial charge in [-0.2, -0.15) is 4.57 Å². The summed E-state index contributed by atoms with van der Waals surface area (Å²) in [6.45, 7) is 0.260. The SMILES string of the molecule is CN1C(=Cc2cc(-c3ccc4c(c3)OCO4)[n+](C)c3ccc4ccccc4c23)Oc2ccccc21. The number of hydrogen-bond acceptors (Lipinski definition) is 4. The van der Waals surface area contributed by atoms with E-state index < -0.39 is 0 Å². The van der Waals surface area contributed by atoms with Crippen LogP contribution < -0.4 is 23.7 Å². The summed E-state index contributed by atoms with van der Waals surface area (Å²) in [6.07, 6.45) is 2.14. The number of aryl methyl sites for hydroxylation is 1. The number of nitrogens with zero attached hydrogens (tertiary/aromatic N) is 2. The average Bonchev–Trinajstić information content (AvgIpc) is 3.49. The summed E-state index contributed by atoms with van der Waals surface area (Å²) in [5.41, 5.74) is 5.44. The first-order chi connectivity index (χ1) is 17.2. The predicted molar refractivity (Wildman–Crippen MR) is 138 cm³/mol. The summed E-state index contributed by atoms with van der Waals surface area (Å²) in [5, 5.41) is 3.61. The molecule has 4 aromatic carbocycles. The highest BCUT2D eigenvalue weighted by molar-refractivity contribution is 6.09. The standard InChI is InChI=1S/C30H23N2O3/c1-31-24-13-11-19-7-3-4-8-22(19)30(24)21(17-29-32(2)23-9-5-6-10-26(23)35-29)15-25(31)20-12-14-27-28(16-20)34-18-33-27/h3-17H,18H2,1-2H3/q+1.